The van der Waals surface area contributed by atoms with Crippen LogP contribution in [0.4, 0.5) is 4.39 Å². The molecule has 0 saturated heterocycles. The van der Waals surface area contributed by atoms with E-state index in [0.29, 0.717) is 31.1 Å². The largest absolute Gasteiger partial charge is 0.307 e. The Morgan fingerprint density at radius 1 is 1.35 bits per heavy atom. The molecule has 1 N–H and O–H groups in total. The van der Waals surface area contributed by atoms with Gasteiger partial charge in [0.2, 0.25) is 5.95 Å². The van der Waals surface area contributed by atoms with E-state index in [1.165, 1.54) is 4.68 Å². The maximum absolute atomic E-state index is 13.8. The average Bonchev–Trinajstić information content (AvgIpc) is 2.95. The van der Waals surface area contributed by atoms with Crippen LogP contribution in [0.5, 0.6) is 0 Å². The molecule has 0 aromatic carbocycles. The van der Waals surface area contributed by atoms with Crippen molar-refractivity contribution in [3.63, 3.8) is 0 Å². The molecule has 110 valence electrons. The van der Waals surface area contributed by atoms with Crippen LogP contribution >= 0.6 is 0 Å². The van der Waals surface area contributed by atoms with Gasteiger partial charge in [0.15, 0.2) is 0 Å². The Morgan fingerprint density at radius 2 is 2.10 bits per heavy atom. The Kier molecular flexibility index (Phi) is 4.54. The summed E-state index contributed by atoms with van der Waals surface area (Å²) >= 11 is 0. The summed E-state index contributed by atoms with van der Waals surface area (Å²) in [5.41, 5.74) is 2.77. The molecule has 20 heavy (non-hydrogen) atoms. The van der Waals surface area contributed by atoms with E-state index >= 15 is 0 Å². The molecule has 2 rings (SSSR count). The quantitative estimate of drug-likeness (QED) is 0.881. The fourth-order valence-electron chi connectivity index (χ4n) is 2.05. The Morgan fingerprint density at radius 3 is 2.65 bits per heavy atom. The van der Waals surface area contributed by atoms with Gasteiger partial charge in [-0.15, -0.1) is 0 Å². The van der Waals surface area contributed by atoms with Crippen LogP contribution in [0.2, 0.25) is 0 Å². The van der Waals surface area contributed by atoms with Crippen LogP contribution in [0.3, 0.4) is 0 Å². The molecule has 2 aromatic rings. The minimum absolute atomic E-state index is 0.257. The van der Waals surface area contributed by atoms with Gasteiger partial charge in [-0.05, 0) is 18.9 Å². The van der Waals surface area contributed by atoms with E-state index in [0.717, 1.165) is 11.4 Å². The van der Waals surface area contributed by atoms with Crippen molar-refractivity contribution in [3.05, 3.63) is 35.2 Å². The molecule has 6 heteroatoms. The topological polar surface area (TPSA) is 47.7 Å². The molecule has 0 fully saturated rings. The van der Waals surface area contributed by atoms with E-state index in [2.05, 4.69) is 35.4 Å². The highest BCUT2D eigenvalue weighted by Gasteiger charge is 2.10. The second-order valence-electron chi connectivity index (χ2n) is 5.22. The Labute approximate surface area is 118 Å². The minimum atomic E-state index is -0.257. The van der Waals surface area contributed by atoms with Crippen LogP contribution in [0, 0.1) is 5.95 Å². The zero-order chi connectivity index (χ0) is 14.7. The Hall–Kier alpha value is -1.69. The lowest BCUT2D eigenvalue weighted by Crippen LogP contribution is -2.16. The van der Waals surface area contributed by atoms with Crippen molar-refractivity contribution in [2.24, 2.45) is 7.05 Å². The summed E-state index contributed by atoms with van der Waals surface area (Å²) in [4.78, 5) is 0. The monoisotopic (exact) mass is 279 g/mol. The molecule has 0 bridgehead atoms. The van der Waals surface area contributed by atoms with Crippen molar-refractivity contribution in [1.29, 1.82) is 0 Å². The second-order valence-corrected chi connectivity index (χ2v) is 5.22. The summed E-state index contributed by atoms with van der Waals surface area (Å²) in [6.07, 6.45) is 1.58. The molecule has 0 aliphatic heterocycles. The third-order valence-corrected chi connectivity index (χ3v) is 3.35. The summed E-state index contributed by atoms with van der Waals surface area (Å²) in [7, 11) is 1.93. The molecule has 0 atom stereocenters. The van der Waals surface area contributed by atoms with Gasteiger partial charge in [-0.25, -0.2) is 4.68 Å². The molecule has 0 saturated carbocycles. The van der Waals surface area contributed by atoms with Crippen LogP contribution in [-0.2, 0) is 26.7 Å². The highest BCUT2D eigenvalue weighted by molar-refractivity contribution is 5.13. The van der Waals surface area contributed by atoms with E-state index in [1.54, 1.807) is 6.20 Å². The first-order valence-electron chi connectivity index (χ1n) is 6.96. The van der Waals surface area contributed by atoms with Gasteiger partial charge in [0.1, 0.15) is 0 Å². The van der Waals surface area contributed by atoms with Gasteiger partial charge in [0.05, 0.1) is 17.6 Å². The van der Waals surface area contributed by atoms with Gasteiger partial charge in [-0.2, -0.15) is 14.6 Å². The van der Waals surface area contributed by atoms with Crippen molar-refractivity contribution < 1.29 is 4.39 Å². The average molecular weight is 279 g/mol. The van der Waals surface area contributed by atoms with Crippen molar-refractivity contribution in [1.82, 2.24) is 24.9 Å². The van der Waals surface area contributed by atoms with Gasteiger partial charge in [0.25, 0.3) is 0 Å². The maximum atomic E-state index is 13.8. The number of hydrogen-bond acceptors (Lipinski definition) is 3. The first kappa shape index (κ1) is 14.7. The highest BCUT2D eigenvalue weighted by Crippen LogP contribution is 2.14. The lowest BCUT2D eigenvalue weighted by atomic mass is 10.1. The molecule has 0 aliphatic rings. The normalized spacial score (nSPS) is 11.5. The SMILES string of the molecule is CCn1ncc(CNCc2cc(C(C)C)nn2C)c1F. The van der Waals surface area contributed by atoms with Crippen LogP contribution in [0.1, 0.15) is 43.6 Å². The van der Waals surface area contributed by atoms with Crippen LogP contribution < -0.4 is 5.32 Å². The molecule has 0 spiro atoms. The van der Waals surface area contributed by atoms with E-state index in [4.69, 9.17) is 0 Å². The summed E-state index contributed by atoms with van der Waals surface area (Å²) in [5.74, 6) is 0.156. The molecule has 2 heterocycles. The molecule has 0 aliphatic carbocycles. The smallest absolute Gasteiger partial charge is 0.215 e. The fraction of sp³-hybridized carbons (Fsp3) is 0.571. The summed E-state index contributed by atoms with van der Waals surface area (Å²) in [6, 6.07) is 2.09. The molecule has 0 radical (unpaired) electrons. The summed E-state index contributed by atoms with van der Waals surface area (Å²) in [5, 5.41) is 11.7. The zero-order valence-electron chi connectivity index (χ0n) is 12.5. The molecule has 0 unspecified atom stereocenters. The van der Waals surface area contributed by atoms with E-state index < -0.39 is 0 Å². The second kappa shape index (κ2) is 6.17. The van der Waals surface area contributed by atoms with Gasteiger partial charge < -0.3 is 5.32 Å². The lowest BCUT2D eigenvalue weighted by Gasteiger charge is -2.04. The third-order valence-electron chi connectivity index (χ3n) is 3.35. The van der Waals surface area contributed by atoms with Crippen molar-refractivity contribution in [3.8, 4) is 0 Å². The predicted octanol–water partition coefficient (Wildman–Crippen LogP) is 2.19. The number of halogens is 1. The van der Waals surface area contributed by atoms with Crippen molar-refractivity contribution >= 4 is 0 Å². The van der Waals surface area contributed by atoms with Gasteiger partial charge in [0, 0.05) is 32.2 Å². The van der Waals surface area contributed by atoms with Gasteiger partial charge >= 0.3 is 0 Å². The standard InChI is InChI=1S/C14H22FN5/c1-5-20-14(15)11(8-17-20)7-16-9-12-6-13(10(2)3)18-19(12)4/h6,8,10,16H,5,7,9H2,1-4H3. The molecular formula is C14H22FN5. The predicted molar refractivity (Wildman–Crippen MR) is 75.7 cm³/mol. The first-order chi connectivity index (χ1) is 9.52. The minimum Gasteiger partial charge on any atom is -0.307 e. The fourth-order valence-corrected chi connectivity index (χ4v) is 2.05. The summed E-state index contributed by atoms with van der Waals surface area (Å²) < 4.78 is 17.0. The molecule has 5 nitrogen and oxygen atoms in total. The molecule has 0 amide bonds. The molecule has 2 aromatic heterocycles. The van der Waals surface area contributed by atoms with Crippen LogP contribution in [0.25, 0.3) is 0 Å². The summed E-state index contributed by atoms with van der Waals surface area (Å²) in [6.45, 7) is 7.78. The third kappa shape index (κ3) is 3.07. The van der Waals surface area contributed by atoms with E-state index in [1.807, 2.05) is 18.7 Å². The number of aromatic nitrogens is 4. The number of rotatable bonds is 6. The number of nitrogens with one attached hydrogen (secondary N) is 1. The van der Waals surface area contributed by atoms with E-state index in [-0.39, 0.29) is 5.95 Å². The number of hydrogen-bond donors (Lipinski definition) is 1. The number of nitrogens with zero attached hydrogens (tertiary/aromatic N) is 4. The highest BCUT2D eigenvalue weighted by atomic mass is 19.1. The van der Waals surface area contributed by atoms with Crippen LogP contribution in [0.15, 0.2) is 12.3 Å². The van der Waals surface area contributed by atoms with Gasteiger partial charge in [-0.1, -0.05) is 13.8 Å². The first-order valence-corrected chi connectivity index (χ1v) is 6.96. The Balaban J connectivity index is 1.94. The lowest BCUT2D eigenvalue weighted by molar-refractivity contribution is 0.460. The van der Waals surface area contributed by atoms with Crippen molar-refractivity contribution in [2.75, 3.05) is 0 Å². The van der Waals surface area contributed by atoms with Crippen LogP contribution in [-0.4, -0.2) is 19.6 Å². The van der Waals surface area contributed by atoms with Gasteiger partial charge in [-0.3, -0.25) is 4.68 Å². The Bertz CT molecular complexity index is 570. The molecular weight excluding hydrogens is 257 g/mol. The number of aryl methyl sites for hydroxylation is 2. The zero-order valence-corrected chi connectivity index (χ0v) is 12.5. The maximum Gasteiger partial charge on any atom is 0.215 e. The van der Waals surface area contributed by atoms with E-state index in [9.17, 15) is 4.39 Å². The van der Waals surface area contributed by atoms with Crippen molar-refractivity contribution in [2.45, 2.75) is 46.3 Å².